The molecule has 3 aromatic rings. The van der Waals surface area contributed by atoms with Crippen molar-refractivity contribution in [3.05, 3.63) is 62.9 Å². The van der Waals surface area contributed by atoms with E-state index in [2.05, 4.69) is 15.5 Å². The molecule has 1 heterocycles. The number of aromatic nitrogens is 2. The Labute approximate surface area is 177 Å². The molecule has 0 aliphatic carbocycles. The van der Waals surface area contributed by atoms with Crippen LogP contribution in [0.15, 0.2) is 41.1 Å². The van der Waals surface area contributed by atoms with Crippen LogP contribution in [-0.2, 0) is 0 Å². The molecular formula is C19H17Cl3N4O2. The van der Waals surface area contributed by atoms with Gasteiger partial charge in [0.2, 0.25) is 12.3 Å². The zero-order valence-electron chi connectivity index (χ0n) is 15.1. The van der Waals surface area contributed by atoms with Gasteiger partial charge < -0.3 is 14.8 Å². The summed E-state index contributed by atoms with van der Waals surface area (Å²) in [5, 5.41) is 29.7. The van der Waals surface area contributed by atoms with Crippen molar-refractivity contribution in [2.24, 2.45) is 0 Å². The number of hydrogen-bond acceptors (Lipinski definition) is 6. The lowest BCUT2D eigenvalue weighted by Crippen LogP contribution is -2.15. The molecule has 0 saturated carbocycles. The van der Waals surface area contributed by atoms with E-state index in [0.717, 1.165) is 16.8 Å². The average Bonchev–Trinajstić information content (AvgIpc) is 3.20. The molecule has 0 saturated heterocycles. The Morgan fingerprint density at radius 3 is 2.54 bits per heavy atom. The number of hydrogen-bond donors (Lipinski definition) is 2. The summed E-state index contributed by atoms with van der Waals surface area (Å²) in [5.74, 6) is 0.429. The van der Waals surface area contributed by atoms with Gasteiger partial charge in [0.05, 0.1) is 26.7 Å². The summed E-state index contributed by atoms with van der Waals surface area (Å²) in [6.45, 7) is 4.00. The second-order valence-corrected chi connectivity index (χ2v) is 7.01. The van der Waals surface area contributed by atoms with E-state index < -0.39 is 6.10 Å². The van der Waals surface area contributed by atoms with Crippen LogP contribution in [0.4, 0.5) is 5.69 Å². The van der Waals surface area contributed by atoms with Gasteiger partial charge in [-0.1, -0.05) is 34.8 Å². The third-order valence-electron chi connectivity index (χ3n) is 3.62. The smallest absolute Gasteiger partial charge is 0.247 e. The summed E-state index contributed by atoms with van der Waals surface area (Å²) in [5.41, 5.74) is 2.90. The Balaban J connectivity index is 0.000000202. The fourth-order valence-corrected chi connectivity index (χ4v) is 2.65. The fourth-order valence-electron chi connectivity index (χ4n) is 2.15. The molecule has 2 aromatic carbocycles. The van der Waals surface area contributed by atoms with E-state index in [1.54, 1.807) is 37.3 Å². The van der Waals surface area contributed by atoms with Crippen LogP contribution < -0.4 is 5.32 Å². The van der Waals surface area contributed by atoms with E-state index in [-0.39, 0.29) is 0 Å². The van der Waals surface area contributed by atoms with Gasteiger partial charge in [0.15, 0.2) is 0 Å². The Hall–Kier alpha value is -2.30. The van der Waals surface area contributed by atoms with Crippen molar-refractivity contribution < 1.29 is 9.52 Å². The van der Waals surface area contributed by atoms with Gasteiger partial charge in [0.25, 0.3) is 0 Å². The zero-order valence-corrected chi connectivity index (χ0v) is 17.3. The second kappa shape index (κ2) is 10.3. The van der Waals surface area contributed by atoms with E-state index in [1.165, 1.54) is 6.39 Å². The average molecular weight is 440 g/mol. The molecule has 0 fully saturated rings. The first-order chi connectivity index (χ1) is 13.3. The number of aliphatic hydroxyl groups is 1. The summed E-state index contributed by atoms with van der Waals surface area (Å²) < 4.78 is 4.99. The van der Waals surface area contributed by atoms with Gasteiger partial charge in [0.1, 0.15) is 6.07 Å². The summed E-state index contributed by atoms with van der Waals surface area (Å²) in [6, 6.07) is 10.6. The van der Waals surface area contributed by atoms with Gasteiger partial charge in [-0.05, 0) is 49.7 Å². The van der Waals surface area contributed by atoms with Crippen LogP contribution in [-0.4, -0.2) is 28.0 Å². The Bertz CT molecular complexity index is 970. The zero-order chi connectivity index (χ0) is 20.7. The molecule has 0 radical (unpaired) electrons. The standard InChI is InChI=1S/C11H13ClN2O.C8H4Cl2N2O/c1-7(15)6-14-10-4-3-9(5-13)11(12)8(10)2;9-6-2-1-5(3-7(6)10)8-12-11-4-13-8/h3-4,7,14-15H,6H2,1-2H3;1-4H. The molecule has 1 aromatic heterocycles. The minimum atomic E-state index is -0.418. The van der Waals surface area contributed by atoms with Crippen LogP contribution in [0, 0.1) is 18.3 Å². The molecule has 28 heavy (non-hydrogen) atoms. The Morgan fingerprint density at radius 1 is 1.21 bits per heavy atom. The van der Waals surface area contributed by atoms with E-state index in [1.807, 2.05) is 13.0 Å². The molecule has 0 amide bonds. The van der Waals surface area contributed by atoms with Gasteiger partial charge in [0, 0.05) is 17.8 Å². The monoisotopic (exact) mass is 438 g/mol. The summed E-state index contributed by atoms with van der Waals surface area (Å²) >= 11 is 17.5. The number of rotatable bonds is 4. The number of nitrogens with one attached hydrogen (secondary N) is 1. The van der Waals surface area contributed by atoms with E-state index in [9.17, 15) is 0 Å². The molecule has 1 atom stereocenters. The second-order valence-electron chi connectivity index (χ2n) is 5.81. The molecule has 0 aliphatic rings. The first kappa shape index (κ1) is 22.0. The van der Waals surface area contributed by atoms with Crippen molar-refractivity contribution in [3.8, 4) is 17.5 Å². The van der Waals surface area contributed by atoms with E-state index >= 15 is 0 Å². The van der Waals surface area contributed by atoms with Gasteiger partial charge in [-0.3, -0.25) is 0 Å². The van der Waals surface area contributed by atoms with Crippen LogP contribution in [0.1, 0.15) is 18.1 Å². The highest BCUT2D eigenvalue weighted by atomic mass is 35.5. The predicted octanol–water partition coefficient (Wildman–Crippen LogP) is 5.36. The lowest BCUT2D eigenvalue weighted by Gasteiger charge is -2.12. The molecule has 146 valence electrons. The third-order valence-corrected chi connectivity index (χ3v) is 4.85. The van der Waals surface area contributed by atoms with E-state index in [0.29, 0.717) is 33.1 Å². The number of nitrogens with zero attached hydrogens (tertiary/aromatic N) is 3. The van der Waals surface area contributed by atoms with Crippen molar-refractivity contribution in [1.82, 2.24) is 10.2 Å². The molecule has 0 spiro atoms. The molecule has 2 N–H and O–H groups in total. The lowest BCUT2D eigenvalue weighted by molar-refractivity contribution is 0.208. The fraction of sp³-hybridized carbons (Fsp3) is 0.211. The first-order valence-electron chi connectivity index (χ1n) is 8.16. The highest BCUT2D eigenvalue weighted by Crippen LogP contribution is 2.27. The number of nitriles is 1. The highest BCUT2D eigenvalue weighted by molar-refractivity contribution is 6.42. The molecule has 1 unspecified atom stereocenters. The van der Waals surface area contributed by atoms with Crippen LogP contribution in [0.25, 0.3) is 11.5 Å². The van der Waals surface area contributed by atoms with Crippen molar-refractivity contribution in [2.45, 2.75) is 20.0 Å². The van der Waals surface area contributed by atoms with Crippen molar-refractivity contribution in [2.75, 3.05) is 11.9 Å². The van der Waals surface area contributed by atoms with Crippen LogP contribution >= 0.6 is 34.8 Å². The normalized spacial score (nSPS) is 11.2. The molecular weight excluding hydrogens is 423 g/mol. The van der Waals surface area contributed by atoms with Crippen molar-refractivity contribution >= 4 is 40.5 Å². The largest absolute Gasteiger partial charge is 0.423 e. The minimum Gasteiger partial charge on any atom is -0.423 e. The lowest BCUT2D eigenvalue weighted by atomic mass is 10.1. The maximum atomic E-state index is 9.13. The topological polar surface area (TPSA) is 95.0 Å². The highest BCUT2D eigenvalue weighted by Gasteiger charge is 2.08. The van der Waals surface area contributed by atoms with Crippen LogP contribution in [0.5, 0.6) is 0 Å². The van der Waals surface area contributed by atoms with Gasteiger partial charge >= 0.3 is 0 Å². The minimum absolute atomic E-state index is 0.418. The quantitative estimate of drug-likeness (QED) is 0.568. The SMILES string of the molecule is Cc1c(NCC(C)O)ccc(C#N)c1Cl.Clc1ccc(-c2nnco2)cc1Cl. The molecule has 3 rings (SSSR count). The van der Waals surface area contributed by atoms with Crippen LogP contribution in [0.3, 0.4) is 0 Å². The Kier molecular flexibility index (Phi) is 8.09. The molecule has 0 aliphatic heterocycles. The van der Waals surface area contributed by atoms with Crippen molar-refractivity contribution in [1.29, 1.82) is 5.26 Å². The van der Waals surface area contributed by atoms with Gasteiger partial charge in [-0.25, -0.2) is 0 Å². The first-order valence-corrected chi connectivity index (χ1v) is 9.29. The van der Waals surface area contributed by atoms with E-state index in [4.69, 9.17) is 49.6 Å². The number of anilines is 1. The summed E-state index contributed by atoms with van der Waals surface area (Å²) in [7, 11) is 0. The summed E-state index contributed by atoms with van der Waals surface area (Å²) in [4.78, 5) is 0. The maximum Gasteiger partial charge on any atom is 0.247 e. The van der Waals surface area contributed by atoms with Crippen LogP contribution in [0.2, 0.25) is 15.1 Å². The third kappa shape index (κ3) is 5.85. The predicted molar refractivity (Wildman–Crippen MR) is 111 cm³/mol. The maximum absolute atomic E-state index is 9.13. The molecule has 9 heteroatoms. The van der Waals surface area contributed by atoms with Gasteiger partial charge in [-0.15, -0.1) is 10.2 Å². The van der Waals surface area contributed by atoms with Gasteiger partial charge in [-0.2, -0.15) is 5.26 Å². The number of aliphatic hydroxyl groups excluding tert-OH is 1. The number of halogens is 3. The number of benzene rings is 2. The molecule has 0 bridgehead atoms. The van der Waals surface area contributed by atoms with Crippen molar-refractivity contribution in [3.63, 3.8) is 0 Å². The Morgan fingerprint density at radius 2 is 1.96 bits per heavy atom. The molecule has 6 nitrogen and oxygen atoms in total. The summed E-state index contributed by atoms with van der Waals surface area (Å²) in [6.07, 6.45) is 0.844.